The van der Waals surface area contributed by atoms with Crippen LogP contribution in [0.15, 0.2) is 0 Å². The third kappa shape index (κ3) is 7.75. The van der Waals surface area contributed by atoms with E-state index in [1.807, 2.05) is 27.7 Å². The molecule has 40 heavy (non-hydrogen) atoms. The second kappa shape index (κ2) is 13.3. The van der Waals surface area contributed by atoms with Crippen molar-refractivity contribution in [2.75, 3.05) is 6.54 Å². The van der Waals surface area contributed by atoms with Crippen LogP contribution in [-0.4, -0.2) is 65.1 Å². The van der Waals surface area contributed by atoms with Crippen molar-refractivity contribution in [3.05, 3.63) is 0 Å². The van der Waals surface area contributed by atoms with Crippen LogP contribution >= 0.6 is 0 Å². The first-order valence-electron chi connectivity index (χ1n) is 15.2. The van der Waals surface area contributed by atoms with E-state index in [0.717, 1.165) is 44.9 Å². The van der Waals surface area contributed by atoms with E-state index in [4.69, 9.17) is 5.73 Å². The van der Waals surface area contributed by atoms with Crippen LogP contribution in [0.5, 0.6) is 0 Å². The van der Waals surface area contributed by atoms with Crippen molar-refractivity contribution in [1.82, 2.24) is 20.9 Å². The lowest BCUT2D eigenvalue weighted by Crippen LogP contribution is -2.61. The molecule has 0 bridgehead atoms. The highest BCUT2D eigenvalue weighted by atomic mass is 16.2. The van der Waals surface area contributed by atoms with Gasteiger partial charge in [-0.1, -0.05) is 80.1 Å². The van der Waals surface area contributed by atoms with Gasteiger partial charge >= 0.3 is 6.03 Å². The van der Waals surface area contributed by atoms with E-state index < -0.39 is 41.1 Å². The molecule has 1 heterocycles. The molecule has 10 heteroatoms. The molecular formula is C30H51N5O5. The van der Waals surface area contributed by atoms with E-state index in [-0.39, 0.29) is 41.7 Å². The first kappa shape index (κ1) is 31.9. The molecule has 2 unspecified atom stereocenters. The lowest BCUT2D eigenvalue weighted by Gasteiger charge is -2.37. The van der Waals surface area contributed by atoms with Crippen LogP contribution in [0.4, 0.5) is 4.79 Å². The summed E-state index contributed by atoms with van der Waals surface area (Å²) in [6.07, 6.45) is 8.49. The Balaban J connectivity index is 1.82. The fraction of sp³-hybridized carbons (Fsp3) is 0.833. The summed E-state index contributed by atoms with van der Waals surface area (Å²) >= 11 is 0. The second-order valence-electron chi connectivity index (χ2n) is 13.8. The molecule has 5 amide bonds. The number of Topliss-reactive ketones (excluding diaryl/α,β-unsaturated/α-hetero) is 1. The molecule has 1 aliphatic heterocycles. The van der Waals surface area contributed by atoms with Crippen molar-refractivity contribution in [1.29, 1.82) is 0 Å². The van der Waals surface area contributed by atoms with Gasteiger partial charge in [-0.15, -0.1) is 0 Å². The predicted octanol–water partition coefficient (Wildman–Crippen LogP) is 2.88. The zero-order valence-corrected chi connectivity index (χ0v) is 25.3. The smallest absolute Gasteiger partial charge is 0.315 e. The first-order chi connectivity index (χ1) is 18.7. The maximum Gasteiger partial charge on any atom is 0.315 e. The Hall–Kier alpha value is -2.65. The average molecular weight is 562 g/mol. The lowest BCUT2D eigenvalue weighted by molar-refractivity contribution is -0.144. The summed E-state index contributed by atoms with van der Waals surface area (Å²) in [5.74, 6) is -2.33. The molecule has 2 aliphatic carbocycles. The third-order valence-corrected chi connectivity index (χ3v) is 9.32. The number of nitrogens with two attached hydrogens (primary N) is 1. The van der Waals surface area contributed by atoms with E-state index >= 15 is 0 Å². The monoisotopic (exact) mass is 561 g/mol. The van der Waals surface area contributed by atoms with Crippen LogP contribution in [0.2, 0.25) is 0 Å². The molecule has 2 saturated carbocycles. The van der Waals surface area contributed by atoms with Crippen LogP contribution in [0.1, 0.15) is 99.3 Å². The van der Waals surface area contributed by atoms with E-state index in [1.54, 1.807) is 4.90 Å². The topological polar surface area (TPSA) is 151 Å². The van der Waals surface area contributed by atoms with Crippen LogP contribution in [0.3, 0.4) is 0 Å². The largest absolute Gasteiger partial charge is 0.363 e. The number of nitrogens with zero attached hydrogens (tertiary/aromatic N) is 1. The maximum absolute atomic E-state index is 14.2. The molecule has 3 aliphatic rings. The molecule has 5 N–H and O–H groups in total. The Morgan fingerprint density at radius 2 is 1.55 bits per heavy atom. The Morgan fingerprint density at radius 3 is 2.05 bits per heavy atom. The van der Waals surface area contributed by atoms with Crippen LogP contribution < -0.4 is 21.7 Å². The molecule has 0 spiro atoms. The number of ketones is 1. The van der Waals surface area contributed by atoms with Crippen molar-refractivity contribution >= 4 is 29.5 Å². The van der Waals surface area contributed by atoms with Gasteiger partial charge in [0.2, 0.25) is 17.6 Å². The number of carbonyl (C=O) groups excluding carboxylic acids is 5. The zero-order valence-electron chi connectivity index (χ0n) is 25.3. The van der Waals surface area contributed by atoms with E-state index in [9.17, 15) is 24.0 Å². The predicted molar refractivity (Wildman–Crippen MR) is 153 cm³/mol. The number of nitrogens with one attached hydrogen (secondary N) is 3. The average Bonchev–Trinajstić information content (AvgIpc) is 3.20. The second-order valence-corrected chi connectivity index (χ2v) is 13.8. The minimum atomic E-state index is -1.07. The highest BCUT2D eigenvalue weighted by molar-refractivity contribution is 6.37. The molecule has 3 rings (SSSR count). The van der Waals surface area contributed by atoms with Gasteiger partial charge in [0.15, 0.2) is 0 Å². The van der Waals surface area contributed by atoms with E-state index in [2.05, 4.69) is 29.8 Å². The number of rotatable bonds is 10. The molecule has 3 fully saturated rings. The van der Waals surface area contributed by atoms with E-state index in [0.29, 0.717) is 13.0 Å². The molecule has 0 aromatic rings. The Bertz CT molecular complexity index is 951. The van der Waals surface area contributed by atoms with E-state index in [1.165, 1.54) is 6.42 Å². The van der Waals surface area contributed by atoms with Gasteiger partial charge in [-0.05, 0) is 48.3 Å². The number of primary amides is 1. The maximum atomic E-state index is 14.2. The molecule has 0 radical (unpaired) electrons. The Morgan fingerprint density at radius 1 is 0.925 bits per heavy atom. The molecule has 10 nitrogen and oxygen atoms in total. The first-order valence-corrected chi connectivity index (χ1v) is 15.2. The van der Waals surface area contributed by atoms with Gasteiger partial charge in [-0.3, -0.25) is 19.2 Å². The summed E-state index contributed by atoms with van der Waals surface area (Å²) in [5, 5.41) is 8.76. The summed E-state index contributed by atoms with van der Waals surface area (Å²) in [5.41, 5.74) is 4.70. The molecular weight excluding hydrogens is 510 g/mol. The Kier molecular flexibility index (Phi) is 10.6. The SMILES string of the molecule is CC(C)C1CN(C(=O)[C@@H](NC(=O)NC2CCCCC2)C(C)(C)C)[C@H](C(=O)N[C@H](CC2CCC2)C(=O)C(N)=O)C1C. The van der Waals surface area contributed by atoms with Gasteiger partial charge in [0.25, 0.3) is 5.91 Å². The Labute approximate surface area is 239 Å². The van der Waals surface area contributed by atoms with Crippen molar-refractivity contribution in [2.45, 2.75) is 123 Å². The minimum Gasteiger partial charge on any atom is -0.363 e. The fourth-order valence-electron chi connectivity index (χ4n) is 6.59. The van der Waals surface area contributed by atoms with Crippen molar-refractivity contribution in [3.63, 3.8) is 0 Å². The van der Waals surface area contributed by atoms with Crippen molar-refractivity contribution in [3.8, 4) is 0 Å². The van der Waals surface area contributed by atoms with Crippen LogP contribution in [0.25, 0.3) is 0 Å². The summed E-state index contributed by atoms with van der Waals surface area (Å²) in [6.45, 7) is 12.1. The normalized spacial score (nSPS) is 25.6. The number of amides is 5. The molecule has 5 atom stereocenters. The minimum absolute atomic E-state index is 0.0494. The van der Waals surface area contributed by atoms with Gasteiger partial charge in [0, 0.05) is 12.6 Å². The van der Waals surface area contributed by atoms with Crippen LogP contribution in [-0.2, 0) is 19.2 Å². The highest BCUT2D eigenvalue weighted by Crippen LogP contribution is 2.37. The molecule has 226 valence electrons. The number of likely N-dealkylation sites (tertiary alicyclic amines) is 1. The van der Waals surface area contributed by atoms with Crippen molar-refractivity contribution in [2.24, 2.45) is 34.8 Å². The lowest BCUT2D eigenvalue weighted by atomic mass is 9.80. The standard InChI is InChI=1S/C30H51N5O5/c1-17(2)21-16-35(28(39)25(30(4,5)6)34-29(40)32-20-13-8-7-9-14-20)23(18(21)3)27(38)33-22(24(36)26(31)37)15-19-11-10-12-19/h17-23,25H,7-16H2,1-6H3,(H2,31,37)(H,33,38)(H2,32,34,40)/t18?,21?,22-,23+,25-/m1/s1. The molecule has 0 aromatic heterocycles. The summed E-state index contributed by atoms with van der Waals surface area (Å²) in [4.78, 5) is 67.0. The number of hydrogen-bond donors (Lipinski definition) is 4. The summed E-state index contributed by atoms with van der Waals surface area (Å²) in [7, 11) is 0. The number of carbonyl (C=O) groups is 5. The fourth-order valence-corrected chi connectivity index (χ4v) is 6.59. The molecule has 0 aromatic carbocycles. The van der Waals surface area contributed by atoms with Gasteiger partial charge in [0.05, 0.1) is 6.04 Å². The van der Waals surface area contributed by atoms with Gasteiger partial charge in [0.1, 0.15) is 12.1 Å². The molecule has 1 saturated heterocycles. The van der Waals surface area contributed by atoms with Gasteiger partial charge < -0.3 is 26.6 Å². The highest BCUT2D eigenvalue weighted by Gasteiger charge is 2.50. The van der Waals surface area contributed by atoms with Crippen molar-refractivity contribution < 1.29 is 24.0 Å². The van der Waals surface area contributed by atoms with Gasteiger partial charge in [-0.25, -0.2) is 4.79 Å². The van der Waals surface area contributed by atoms with Gasteiger partial charge in [-0.2, -0.15) is 0 Å². The zero-order chi connectivity index (χ0) is 29.8. The number of hydrogen-bond acceptors (Lipinski definition) is 5. The summed E-state index contributed by atoms with van der Waals surface area (Å²) < 4.78 is 0. The summed E-state index contributed by atoms with van der Waals surface area (Å²) in [6, 6.07) is -2.98. The quantitative estimate of drug-likeness (QED) is 0.303. The number of urea groups is 1. The third-order valence-electron chi connectivity index (χ3n) is 9.32. The van der Waals surface area contributed by atoms with Crippen LogP contribution in [0, 0.1) is 29.1 Å².